The first-order chi connectivity index (χ1) is 11.2. The summed E-state index contributed by atoms with van der Waals surface area (Å²) in [5.41, 5.74) is 1.48. The minimum atomic E-state index is -0.378. The van der Waals surface area contributed by atoms with Crippen molar-refractivity contribution in [3.63, 3.8) is 0 Å². The molecule has 1 heterocycles. The van der Waals surface area contributed by atoms with Crippen LogP contribution < -0.4 is 14.4 Å². The van der Waals surface area contributed by atoms with E-state index in [9.17, 15) is 9.18 Å². The zero-order valence-electron chi connectivity index (χ0n) is 12.9. The predicted octanol–water partition coefficient (Wildman–Crippen LogP) is 3.19. The van der Waals surface area contributed by atoms with Crippen molar-refractivity contribution in [2.45, 2.75) is 12.8 Å². The zero-order valence-corrected chi connectivity index (χ0v) is 12.9. The van der Waals surface area contributed by atoms with Crippen molar-refractivity contribution in [3.8, 4) is 11.5 Å². The lowest BCUT2D eigenvalue weighted by atomic mass is 10.1. The van der Waals surface area contributed by atoms with Gasteiger partial charge in [-0.15, -0.1) is 0 Å². The van der Waals surface area contributed by atoms with Gasteiger partial charge in [0.2, 0.25) is 5.91 Å². The van der Waals surface area contributed by atoms with E-state index in [1.807, 2.05) is 24.3 Å². The normalized spacial score (nSPS) is 13.2. The van der Waals surface area contributed by atoms with Gasteiger partial charge in [-0.05, 0) is 30.2 Å². The first-order valence-corrected chi connectivity index (χ1v) is 7.53. The fourth-order valence-electron chi connectivity index (χ4n) is 2.74. The van der Waals surface area contributed by atoms with E-state index in [0.29, 0.717) is 37.4 Å². The summed E-state index contributed by atoms with van der Waals surface area (Å²) in [6.45, 7) is 0.847. The maximum absolute atomic E-state index is 13.5. The molecule has 0 atom stereocenters. The van der Waals surface area contributed by atoms with Crippen LogP contribution in [-0.2, 0) is 11.2 Å². The highest BCUT2D eigenvalue weighted by Gasteiger charge is 2.24. The molecule has 0 N–H and O–H groups in total. The zero-order chi connectivity index (χ0) is 16.2. The fourth-order valence-corrected chi connectivity index (χ4v) is 2.74. The number of benzene rings is 2. The van der Waals surface area contributed by atoms with E-state index >= 15 is 0 Å². The molecule has 23 heavy (non-hydrogen) atoms. The number of nitrogens with zero attached hydrogens (tertiary/aromatic N) is 1. The average Bonchev–Trinajstić information content (AvgIpc) is 2.59. The highest BCUT2D eigenvalue weighted by molar-refractivity contribution is 5.95. The number of amides is 1. The fraction of sp³-hybridized carbons (Fsp3) is 0.278. The van der Waals surface area contributed by atoms with Crippen LogP contribution in [0.5, 0.6) is 11.5 Å². The van der Waals surface area contributed by atoms with Gasteiger partial charge in [-0.25, -0.2) is 4.39 Å². The molecule has 0 aliphatic carbocycles. The first kappa shape index (κ1) is 15.3. The molecule has 0 saturated carbocycles. The van der Waals surface area contributed by atoms with Crippen molar-refractivity contribution in [1.82, 2.24) is 0 Å². The van der Waals surface area contributed by atoms with E-state index in [1.165, 1.54) is 12.1 Å². The maximum Gasteiger partial charge on any atom is 0.227 e. The Balaban J connectivity index is 1.74. The Kier molecular flexibility index (Phi) is 4.46. The Morgan fingerprint density at radius 2 is 2.13 bits per heavy atom. The summed E-state index contributed by atoms with van der Waals surface area (Å²) < 4.78 is 24.2. The number of carbonyl (C=O) groups is 1. The summed E-state index contributed by atoms with van der Waals surface area (Å²) in [4.78, 5) is 14.1. The lowest BCUT2D eigenvalue weighted by Crippen LogP contribution is -2.38. The molecular formula is C18H18FNO3. The minimum Gasteiger partial charge on any atom is -0.496 e. The molecule has 0 unspecified atom stereocenters. The molecule has 3 rings (SSSR count). The van der Waals surface area contributed by atoms with Crippen LogP contribution in [0.15, 0.2) is 42.5 Å². The van der Waals surface area contributed by atoms with Crippen LogP contribution in [0.2, 0.25) is 0 Å². The van der Waals surface area contributed by atoms with Gasteiger partial charge >= 0.3 is 0 Å². The molecule has 1 amide bonds. The molecular weight excluding hydrogens is 297 g/mol. The minimum absolute atomic E-state index is 0.0499. The van der Waals surface area contributed by atoms with Gasteiger partial charge in [-0.1, -0.05) is 18.2 Å². The number of carbonyl (C=O) groups excluding carboxylic acids is 1. The van der Waals surface area contributed by atoms with E-state index in [2.05, 4.69) is 0 Å². The van der Waals surface area contributed by atoms with Crippen LogP contribution in [0, 0.1) is 5.82 Å². The number of ether oxygens (including phenoxy) is 2. The van der Waals surface area contributed by atoms with Gasteiger partial charge in [-0.2, -0.15) is 0 Å². The monoisotopic (exact) mass is 315 g/mol. The number of aryl methyl sites for hydroxylation is 1. The van der Waals surface area contributed by atoms with Gasteiger partial charge in [0.25, 0.3) is 0 Å². The second-order valence-corrected chi connectivity index (χ2v) is 5.32. The van der Waals surface area contributed by atoms with Crippen LogP contribution in [-0.4, -0.2) is 26.2 Å². The second kappa shape index (κ2) is 6.69. The molecule has 0 saturated heterocycles. The number of hydrogen-bond donors (Lipinski definition) is 0. The van der Waals surface area contributed by atoms with E-state index in [0.717, 1.165) is 11.3 Å². The molecule has 0 bridgehead atoms. The number of anilines is 1. The van der Waals surface area contributed by atoms with Crippen LogP contribution in [0.1, 0.15) is 12.0 Å². The molecule has 1 aliphatic rings. The second-order valence-electron chi connectivity index (χ2n) is 5.32. The van der Waals surface area contributed by atoms with E-state index in [1.54, 1.807) is 18.1 Å². The number of para-hydroxylation sites is 1. The third-order valence-electron chi connectivity index (χ3n) is 3.89. The summed E-state index contributed by atoms with van der Waals surface area (Å²) in [6, 6.07) is 11.9. The molecule has 2 aromatic carbocycles. The van der Waals surface area contributed by atoms with E-state index in [4.69, 9.17) is 9.47 Å². The third kappa shape index (κ3) is 3.28. The third-order valence-corrected chi connectivity index (χ3v) is 3.89. The Morgan fingerprint density at radius 1 is 1.30 bits per heavy atom. The topological polar surface area (TPSA) is 38.8 Å². The number of methoxy groups -OCH3 is 1. The summed E-state index contributed by atoms with van der Waals surface area (Å²) in [5.74, 6) is 0.889. The van der Waals surface area contributed by atoms with E-state index < -0.39 is 0 Å². The van der Waals surface area contributed by atoms with Crippen LogP contribution in [0.3, 0.4) is 0 Å². The van der Waals surface area contributed by atoms with Gasteiger partial charge in [0.05, 0.1) is 19.3 Å². The van der Waals surface area contributed by atoms with Crippen LogP contribution in [0.25, 0.3) is 0 Å². The van der Waals surface area contributed by atoms with Crippen LogP contribution >= 0.6 is 0 Å². The van der Waals surface area contributed by atoms with Crippen molar-refractivity contribution in [1.29, 1.82) is 0 Å². The highest BCUT2D eigenvalue weighted by atomic mass is 19.1. The molecule has 120 valence electrons. The molecule has 1 aliphatic heterocycles. The number of halogens is 1. The summed E-state index contributed by atoms with van der Waals surface area (Å²) in [5, 5.41) is 0. The standard InChI is InChI=1S/C18H18FNO3/c1-22-16-5-3-2-4-13(16)6-9-18(21)20-10-11-23-17-8-7-14(19)12-15(17)20/h2-5,7-8,12H,6,9-11H2,1H3. The predicted molar refractivity (Wildman–Crippen MR) is 85.6 cm³/mol. The van der Waals surface area contributed by atoms with Crippen molar-refractivity contribution >= 4 is 11.6 Å². The smallest absolute Gasteiger partial charge is 0.227 e. The van der Waals surface area contributed by atoms with Gasteiger partial charge in [0, 0.05) is 12.5 Å². The molecule has 0 aromatic heterocycles. The number of fused-ring (bicyclic) bond motifs is 1. The summed E-state index contributed by atoms with van der Waals surface area (Å²) >= 11 is 0. The molecule has 2 aromatic rings. The highest BCUT2D eigenvalue weighted by Crippen LogP contribution is 2.32. The summed E-state index contributed by atoms with van der Waals surface area (Å²) in [7, 11) is 1.61. The SMILES string of the molecule is COc1ccccc1CCC(=O)N1CCOc2ccc(F)cc21. The molecule has 5 heteroatoms. The molecule has 0 fully saturated rings. The van der Waals surface area contributed by atoms with Crippen LogP contribution in [0.4, 0.5) is 10.1 Å². The molecule has 0 spiro atoms. The van der Waals surface area contributed by atoms with Gasteiger partial charge in [0.15, 0.2) is 0 Å². The number of hydrogen-bond acceptors (Lipinski definition) is 3. The Labute approximate surface area is 134 Å². The Morgan fingerprint density at radius 3 is 2.96 bits per heavy atom. The molecule has 0 radical (unpaired) electrons. The maximum atomic E-state index is 13.5. The summed E-state index contributed by atoms with van der Waals surface area (Å²) in [6.07, 6.45) is 0.904. The van der Waals surface area contributed by atoms with Gasteiger partial charge in [-0.3, -0.25) is 4.79 Å². The lowest BCUT2D eigenvalue weighted by molar-refractivity contribution is -0.118. The quantitative estimate of drug-likeness (QED) is 0.870. The first-order valence-electron chi connectivity index (χ1n) is 7.53. The molecule has 4 nitrogen and oxygen atoms in total. The van der Waals surface area contributed by atoms with Crippen molar-refractivity contribution < 1.29 is 18.7 Å². The van der Waals surface area contributed by atoms with Gasteiger partial charge < -0.3 is 14.4 Å². The van der Waals surface area contributed by atoms with Crippen molar-refractivity contribution in [2.24, 2.45) is 0 Å². The number of rotatable bonds is 4. The van der Waals surface area contributed by atoms with Gasteiger partial charge in [0.1, 0.15) is 23.9 Å². The Bertz CT molecular complexity index is 717. The van der Waals surface area contributed by atoms with Crippen molar-refractivity contribution in [2.75, 3.05) is 25.2 Å². The average molecular weight is 315 g/mol. The van der Waals surface area contributed by atoms with E-state index in [-0.39, 0.29) is 11.7 Å². The lowest BCUT2D eigenvalue weighted by Gasteiger charge is -2.29. The largest absolute Gasteiger partial charge is 0.496 e. The van der Waals surface area contributed by atoms with Crippen molar-refractivity contribution in [3.05, 3.63) is 53.8 Å². The Hall–Kier alpha value is -2.56.